The van der Waals surface area contributed by atoms with Crippen LogP contribution in [-0.2, 0) is 0 Å². The summed E-state index contributed by atoms with van der Waals surface area (Å²) in [6.45, 7) is 1.84. The number of benzene rings is 2. The fraction of sp³-hybridized carbons (Fsp3) is 0.133. The first-order valence-electron chi connectivity index (χ1n) is 6.25. The highest BCUT2D eigenvalue weighted by Gasteiger charge is 2.18. The molecule has 108 valence electrons. The van der Waals surface area contributed by atoms with Crippen LogP contribution in [0.4, 0.5) is 4.39 Å². The quantitative estimate of drug-likeness (QED) is 0.502. The number of halogens is 4. The van der Waals surface area contributed by atoms with E-state index in [1.54, 1.807) is 6.07 Å². The molecule has 0 saturated heterocycles. The second kappa shape index (κ2) is 5.59. The first-order valence-corrected chi connectivity index (χ1v) is 7.85. The maximum Gasteiger partial charge on any atom is 0.132 e. The minimum atomic E-state index is -0.380. The molecule has 0 saturated carbocycles. The average Bonchev–Trinajstić information content (AvgIpc) is 2.77. The smallest absolute Gasteiger partial charge is 0.132 e. The van der Waals surface area contributed by atoms with E-state index >= 15 is 0 Å². The van der Waals surface area contributed by atoms with Gasteiger partial charge in [0, 0.05) is 4.47 Å². The predicted molar refractivity (Wildman–Crippen MR) is 88.0 cm³/mol. The first-order chi connectivity index (χ1) is 9.97. The Labute approximate surface area is 139 Å². The van der Waals surface area contributed by atoms with E-state index in [4.69, 9.17) is 23.2 Å². The summed E-state index contributed by atoms with van der Waals surface area (Å²) in [6, 6.07) is 10.0. The Morgan fingerprint density at radius 3 is 2.67 bits per heavy atom. The van der Waals surface area contributed by atoms with Crippen molar-refractivity contribution in [2.45, 2.75) is 12.3 Å². The number of fused-ring (bicyclic) bond motifs is 1. The van der Waals surface area contributed by atoms with Crippen LogP contribution in [0.5, 0.6) is 0 Å². The van der Waals surface area contributed by atoms with Crippen molar-refractivity contribution in [3.8, 4) is 5.69 Å². The molecule has 1 aromatic heterocycles. The normalized spacial score (nSPS) is 12.8. The molecule has 0 aliphatic rings. The zero-order valence-corrected chi connectivity index (χ0v) is 14.0. The first kappa shape index (κ1) is 14.8. The van der Waals surface area contributed by atoms with Gasteiger partial charge in [-0.25, -0.2) is 9.37 Å². The topological polar surface area (TPSA) is 17.8 Å². The standard InChI is InChI=1S/C15H10BrCl2FN2/c1-8(17)15-20-12-4-2-9(16)6-14(12)21(15)13-5-3-10(19)7-11(13)18/h2-8H,1H3. The molecule has 1 unspecified atom stereocenters. The summed E-state index contributed by atoms with van der Waals surface area (Å²) in [7, 11) is 0. The minimum absolute atomic E-state index is 0.308. The van der Waals surface area contributed by atoms with Gasteiger partial charge in [0.05, 0.1) is 27.1 Å². The van der Waals surface area contributed by atoms with E-state index in [0.29, 0.717) is 16.5 Å². The molecule has 0 fully saturated rings. The summed E-state index contributed by atoms with van der Waals surface area (Å²) in [5.74, 6) is 0.285. The maximum absolute atomic E-state index is 13.3. The van der Waals surface area contributed by atoms with E-state index in [2.05, 4.69) is 20.9 Å². The second-order valence-corrected chi connectivity index (χ2v) is 6.63. The molecule has 21 heavy (non-hydrogen) atoms. The fourth-order valence-electron chi connectivity index (χ4n) is 2.25. The van der Waals surface area contributed by atoms with Gasteiger partial charge in [-0.05, 0) is 43.3 Å². The van der Waals surface area contributed by atoms with Gasteiger partial charge in [0.25, 0.3) is 0 Å². The van der Waals surface area contributed by atoms with Crippen LogP contribution in [0.1, 0.15) is 18.1 Å². The molecule has 0 N–H and O–H groups in total. The van der Waals surface area contributed by atoms with Gasteiger partial charge in [0.1, 0.15) is 11.6 Å². The number of aromatic nitrogens is 2. The summed E-state index contributed by atoms with van der Waals surface area (Å²) in [4.78, 5) is 4.55. The molecule has 0 amide bonds. The highest BCUT2D eigenvalue weighted by atomic mass is 79.9. The summed E-state index contributed by atoms with van der Waals surface area (Å²) in [5.41, 5.74) is 2.32. The highest BCUT2D eigenvalue weighted by Crippen LogP contribution is 2.32. The molecule has 6 heteroatoms. The third-order valence-electron chi connectivity index (χ3n) is 3.15. The molecular weight excluding hydrogens is 378 g/mol. The van der Waals surface area contributed by atoms with Crippen LogP contribution in [-0.4, -0.2) is 9.55 Å². The molecule has 3 rings (SSSR count). The van der Waals surface area contributed by atoms with Crippen molar-refractivity contribution in [3.05, 3.63) is 57.5 Å². The number of hydrogen-bond acceptors (Lipinski definition) is 1. The van der Waals surface area contributed by atoms with Crippen molar-refractivity contribution in [2.24, 2.45) is 0 Å². The van der Waals surface area contributed by atoms with Crippen molar-refractivity contribution in [3.63, 3.8) is 0 Å². The number of rotatable bonds is 2. The molecule has 0 spiro atoms. The van der Waals surface area contributed by atoms with Crippen LogP contribution in [0.25, 0.3) is 16.7 Å². The lowest BCUT2D eigenvalue weighted by Crippen LogP contribution is -2.02. The van der Waals surface area contributed by atoms with Gasteiger partial charge in [-0.3, -0.25) is 4.57 Å². The third-order valence-corrected chi connectivity index (χ3v) is 4.14. The zero-order valence-electron chi connectivity index (χ0n) is 10.9. The van der Waals surface area contributed by atoms with Gasteiger partial charge in [0.15, 0.2) is 0 Å². The summed E-state index contributed by atoms with van der Waals surface area (Å²) in [5, 5.41) is 0.00476. The Morgan fingerprint density at radius 2 is 2.00 bits per heavy atom. The van der Waals surface area contributed by atoms with Gasteiger partial charge in [-0.15, -0.1) is 11.6 Å². The largest absolute Gasteiger partial charge is 0.294 e. The van der Waals surface area contributed by atoms with Crippen molar-refractivity contribution in [2.75, 3.05) is 0 Å². The molecule has 1 heterocycles. The van der Waals surface area contributed by atoms with Crippen LogP contribution < -0.4 is 0 Å². The molecule has 0 aliphatic carbocycles. The van der Waals surface area contributed by atoms with Crippen molar-refractivity contribution < 1.29 is 4.39 Å². The van der Waals surface area contributed by atoms with Gasteiger partial charge in [-0.1, -0.05) is 27.5 Å². The van der Waals surface area contributed by atoms with Crippen LogP contribution in [0.2, 0.25) is 5.02 Å². The van der Waals surface area contributed by atoms with Crippen molar-refractivity contribution >= 4 is 50.2 Å². The summed E-state index contributed by atoms with van der Waals surface area (Å²) < 4.78 is 16.1. The van der Waals surface area contributed by atoms with E-state index in [1.165, 1.54) is 12.1 Å². The molecule has 2 nitrogen and oxygen atoms in total. The molecular formula is C15H10BrCl2FN2. The number of hydrogen-bond donors (Lipinski definition) is 0. The fourth-order valence-corrected chi connectivity index (χ4v) is 3.00. The van der Waals surface area contributed by atoms with Crippen LogP contribution in [0.15, 0.2) is 40.9 Å². The predicted octanol–water partition coefficient (Wildman–Crippen LogP) is 5.88. The van der Waals surface area contributed by atoms with E-state index in [9.17, 15) is 4.39 Å². The Hall–Kier alpha value is -1.10. The van der Waals surface area contributed by atoms with Gasteiger partial charge >= 0.3 is 0 Å². The van der Waals surface area contributed by atoms with Crippen molar-refractivity contribution in [1.29, 1.82) is 0 Å². The van der Waals surface area contributed by atoms with Crippen molar-refractivity contribution in [1.82, 2.24) is 9.55 Å². The van der Waals surface area contributed by atoms with Crippen LogP contribution >= 0.6 is 39.1 Å². The lowest BCUT2D eigenvalue weighted by Gasteiger charge is -2.12. The lowest BCUT2D eigenvalue weighted by molar-refractivity contribution is 0.627. The van der Waals surface area contributed by atoms with E-state index in [1.807, 2.05) is 29.7 Å². The molecule has 0 radical (unpaired) electrons. The Balaban J connectivity index is 2.38. The highest BCUT2D eigenvalue weighted by molar-refractivity contribution is 9.10. The second-order valence-electron chi connectivity index (χ2n) is 4.65. The van der Waals surface area contributed by atoms with Gasteiger partial charge in [0.2, 0.25) is 0 Å². The molecule has 0 bridgehead atoms. The minimum Gasteiger partial charge on any atom is -0.294 e. The van der Waals surface area contributed by atoms with Crippen LogP contribution in [0.3, 0.4) is 0 Å². The number of nitrogens with zero attached hydrogens (tertiary/aromatic N) is 2. The average molecular weight is 388 g/mol. The lowest BCUT2D eigenvalue weighted by atomic mass is 10.2. The SMILES string of the molecule is CC(Cl)c1nc2ccc(Br)cc2n1-c1ccc(F)cc1Cl. The Bertz CT molecular complexity index is 830. The number of alkyl halides is 1. The Morgan fingerprint density at radius 1 is 1.24 bits per heavy atom. The van der Waals surface area contributed by atoms with Gasteiger partial charge in [-0.2, -0.15) is 0 Å². The molecule has 2 aromatic carbocycles. The van der Waals surface area contributed by atoms with Gasteiger partial charge < -0.3 is 0 Å². The monoisotopic (exact) mass is 386 g/mol. The maximum atomic E-state index is 13.3. The molecule has 1 atom stereocenters. The van der Waals surface area contributed by atoms with E-state index in [-0.39, 0.29) is 11.2 Å². The summed E-state index contributed by atoms with van der Waals surface area (Å²) in [6.07, 6.45) is 0. The Kier molecular flexibility index (Phi) is 3.95. The summed E-state index contributed by atoms with van der Waals surface area (Å²) >= 11 is 15.9. The zero-order chi connectivity index (χ0) is 15.1. The molecule has 3 aromatic rings. The third kappa shape index (κ3) is 2.68. The molecule has 0 aliphatic heterocycles. The van der Waals surface area contributed by atoms with E-state index < -0.39 is 0 Å². The number of imidazole rings is 1. The van der Waals surface area contributed by atoms with Crippen LogP contribution in [0, 0.1) is 5.82 Å². The van der Waals surface area contributed by atoms with E-state index in [0.717, 1.165) is 15.5 Å².